The molecule has 0 amide bonds. The molecule has 0 aliphatic heterocycles. The molecule has 0 spiro atoms. The number of ether oxygens (including phenoxy) is 2. The van der Waals surface area contributed by atoms with Crippen molar-refractivity contribution in [2.75, 3.05) is 14.2 Å². The summed E-state index contributed by atoms with van der Waals surface area (Å²) < 4.78 is 16.3. The summed E-state index contributed by atoms with van der Waals surface area (Å²) in [6.45, 7) is 3.97. The van der Waals surface area contributed by atoms with Crippen LogP contribution in [-0.4, -0.2) is 19.2 Å². The molecule has 0 saturated heterocycles. The molecule has 0 aliphatic rings. The number of rotatable bonds is 3. The number of aromatic nitrogens is 1. The third-order valence-electron chi connectivity index (χ3n) is 3.51. The average molecular weight is 283 g/mol. The third kappa shape index (κ3) is 2.33. The van der Waals surface area contributed by atoms with E-state index in [9.17, 15) is 0 Å². The first-order chi connectivity index (χ1) is 10.1. The van der Waals surface area contributed by atoms with Crippen molar-refractivity contribution in [3.8, 4) is 23.0 Å². The van der Waals surface area contributed by atoms with Gasteiger partial charge in [-0.15, -0.1) is 0 Å². The molecule has 0 saturated carbocycles. The molecule has 3 rings (SSSR count). The first-order valence-corrected chi connectivity index (χ1v) is 6.72. The normalized spacial score (nSPS) is 10.9. The van der Waals surface area contributed by atoms with Gasteiger partial charge in [0.2, 0.25) is 0 Å². The molecule has 0 atom stereocenters. The lowest BCUT2D eigenvalue weighted by atomic mass is 10.1. The van der Waals surface area contributed by atoms with Gasteiger partial charge in [-0.05, 0) is 43.7 Å². The Morgan fingerprint density at radius 1 is 0.952 bits per heavy atom. The number of benzene rings is 1. The Morgan fingerprint density at radius 3 is 2.29 bits per heavy atom. The first kappa shape index (κ1) is 13.5. The van der Waals surface area contributed by atoms with E-state index in [1.807, 2.05) is 37.3 Å². The van der Waals surface area contributed by atoms with Crippen molar-refractivity contribution in [3.05, 3.63) is 41.7 Å². The van der Waals surface area contributed by atoms with E-state index < -0.39 is 0 Å². The number of methoxy groups -OCH3 is 2. The molecule has 21 heavy (non-hydrogen) atoms. The molecule has 2 aromatic heterocycles. The van der Waals surface area contributed by atoms with Gasteiger partial charge in [0, 0.05) is 11.5 Å². The molecule has 4 heteroatoms. The van der Waals surface area contributed by atoms with Crippen LogP contribution in [-0.2, 0) is 0 Å². The van der Waals surface area contributed by atoms with Crippen molar-refractivity contribution >= 4 is 10.9 Å². The van der Waals surface area contributed by atoms with E-state index in [0.29, 0.717) is 11.5 Å². The first-order valence-electron chi connectivity index (χ1n) is 6.72. The van der Waals surface area contributed by atoms with Crippen LogP contribution >= 0.6 is 0 Å². The van der Waals surface area contributed by atoms with Crippen molar-refractivity contribution in [2.24, 2.45) is 0 Å². The van der Waals surface area contributed by atoms with Crippen molar-refractivity contribution in [1.29, 1.82) is 0 Å². The van der Waals surface area contributed by atoms with Gasteiger partial charge in [0.1, 0.15) is 11.5 Å². The number of aryl methyl sites for hydroxylation is 2. The van der Waals surface area contributed by atoms with Crippen LogP contribution in [0.15, 0.2) is 34.7 Å². The predicted molar refractivity (Wildman–Crippen MR) is 82.0 cm³/mol. The summed E-state index contributed by atoms with van der Waals surface area (Å²) in [5.74, 6) is 3.02. The van der Waals surface area contributed by atoms with Crippen molar-refractivity contribution in [3.63, 3.8) is 0 Å². The van der Waals surface area contributed by atoms with Crippen LogP contribution in [0.3, 0.4) is 0 Å². The summed E-state index contributed by atoms with van der Waals surface area (Å²) in [6.07, 6.45) is 0. The predicted octanol–water partition coefficient (Wildman–Crippen LogP) is 4.13. The SMILES string of the molecule is COc1cc2nc(-c3ccc(C)o3)cc(C)c2cc1OC. The van der Waals surface area contributed by atoms with E-state index in [1.165, 1.54) is 0 Å². The molecule has 1 aromatic carbocycles. The molecule has 0 radical (unpaired) electrons. The lowest BCUT2D eigenvalue weighted by molar-refractivity contribution is 0.356. The number of hydrogen-bond donors (Lipinski definition) is 0. The van der Waals surface area contributed by atoms with Gasteiger partial charge in [0.25, 0.3) is 0 Å². The van der Waals surface area contributed by atoms with Gasteiger partial charge in [-0.3, -0.25) is 0 Å². The summed E-state index contributed by atoms with van der Waals surface area (Å²) in [7, 11) is 3.25. The lowest BCUT2D eigenvalue weighted by Gasteiger charge is -2.11. The highest BCUT2D eigenvalue weighted by Gasteiger charge is 2.12. The van der Waals surface area contributed by atoms with E-state index in [1.54, 1.807) is 14.2 Å². The van der Waals surface area contributed by atoms with E-state index >= 15 is 0 Å². The Morgan fingerprint density at radius 2 is 1.67 bits per heavy atom. The van der Waals surface area contributed by atoms with Crippen LogP contribution in [0, 0.1) is 13.8 Å². The maximum Gasteiger partial charge on any atom is 0.162 e. The Kier molecular flexibility index (Phi) is 3.29. The minimum absolute atomic E-state index is 0.671. The Hall–Kier alpha value is -2.49. The zero-order valence-corrected chi connectivity index (χ0v) is 12.6. The van der Waals surface area contributed by atoms with Crippen LogP contribution in [0.4, 0.5) is 0 Å². The average Bonchev–Trinajstić information content (AvgIpc) is 2.92. The largest absolute Gasteiger partial charge is 0.493 e. The maximum absolute atomic E-state index is 5.66. The lowest BCUT2D eigenvalue weighted by Crippen LogP contribution is -1.94. The smallest absolute Gasteiger partial charge is 0.162 e. The molecule has 4 nitrogen and oxygen atoms in total. The fraction of sp³-hybridized carbons (Fsp3) is 0.235. The van der Waals surface area contributed by atoms with Gasteiger partial charge in [-0.1, -0.05) is 0 Å². The second-order valence-electron chi connectivity index (χ2n) is 4.96. The minimum atomic E-state index is 0.671. The number of nitrogens with zero attached hydrogens (tertiary/aromatic N) is 1. The van der Waals surface area contributed by atoms with E-state index in [4.69, 9.17) is 13.9 Å². The van der Waals surface area contributed by atoms with Gasteiger partial charge < -0.3 is 13.9 Å². The molecule has 0 fully saturated rings. The highest BCUT2D eigenvalue weighted by molar-refractivity contribution is 5.87. The van der Waals surface area contributed by atoms with Crippen LogP contribution in [0.5, 0.6) is 11.5 Å². The summed E-state index contributed by atoms with van der Waals surface area (Å²) in [6, 6.07) is 9.73. The third-order valence-corrected chi connectivity index (χ3v) is 3.51. The number of fused-ring (bicyclic) bond motifs is 1. The number of pyridine rings is 1. The molecular weight excluding hydrogens is 266 g/mol. The molecule has 0 unspecified atom stereocenters. The zero-order valence-electron chi connectivity index (χ0n) is 12.6. The highest BCUT2D eigenvalue weighted by atomic mass is 16.5. The molecule has 0 N–H and O–H groups in total. The summed E-state index contributed by atoms with van der Waals surface area (Å²) >= 11 is 0. The summed E-state index contributed by atoms with van der Waals surface area (Å²) in [5.41, 5.74) is 2.79. The van der Waals surface area contributed by atoms with E-state index in [-0.39, 0.29) is 0 Å². The summed E-state index contributed by atoms with van der Waals surface area (Å²) in [4.78, 5) is 4.67. The molecule has 0 bridgehead atoms. The number of hydrogen-bond acceptors (Lipinski definition) is 4. The maximum atomic E-state index is 5.66. The molecular formula is C17H17NO3. The highest BCUT2D eigenvalue weighted by Crippen LogP contribution is 2.34. The van der Waals surface area contributed by atoms with Crippen LogP contribution in [0.25, 0.3) is 22.4 Å². The van der Waals surface area contributed by atoms with Gasteiger partial charge in [-0.25, -0.2) is 4.98 Å². The zero-order chi connectivity index (χ0) is 15.0. The second kappa shape index (κ2) is 5.13. The molecule has 0 aliphatic carbocycles. The number of furan rings is 1. The van der Waals surface area contributed by atoms with Gasteiger partial charge in [-0.2, -0.15) is 0 Å². The molecule has 108 valence electrons. The van der Waals surface area contributed by atoms with E-state index in [0.717, 1.165) is 33.7 Å². The monoisotopic (exact) mass is 283 g/mol. The van der Waals surface area contributed by atoms with Crippen molar-refractivity contribution in [2.45, 2.75) is 13.8 Å². The van der Waals surface area contributed by atoms with Gasteiger partial charge in [0.05, 0.1) is 19.7 Å². The van der Waals surface area contributed by atoms with E-state index in [2.05, 4.69) is 11.9 Å². The topological polar surface area (TPSA) is 44.5 Å². The van der Waals surface area contributed by atoms with Crippen LogP contribution in [0.1, 0.15) is 11.3 Å². The van der Waals surface area contributed by atoms with Crippen molar-refractivity contribution < 1.29 is 13.9 Å². The second-order valence-corrected chi connectivity index (χ2v) is 4.96. The van der Waals surface area contributed by atoms with Crippen LogP contribution in [0.2, 0.25) is 0 Å². The molecule has 2 heterocycles. The fourth-order valence-electron chi connectivity index (χ4n) is 2.42. The standard InChI is InChI=1S/C17H17NO3/c1-10-7-14(15-6-5-11(2)21-15)18-13-9-17(20-4)16(19-3)8-12(10)13/h5-9H,1-4H3. The summed E-state index contributed by atoms with van der Waals surface area (Å²) in [5, 5.41) is 1.04. The Bertz CT molecular complexity index is 805. The quantitative estimate of drug-likeness (QED) is 0.725. The molecule has 3 aromatic rings. The fourth-order valence-corrected chi connectivity index (χ4v) is 2.42. The van der Waals surface area contributed by atoms with Gasteiger partial charge >= 0.3 is 0 Å². The van der Waals surface area contributed by atoms with Crippen LogP contribution < -0.4 is 9.47 Å². The van der Waals surface area contributed by atoms with Gasteiger partial charge in [0.15, 0.2) is 17.3 Å². The Balaban J connectivity index is 2.23. The minimum Gasteiger partial charge on any atom is -0.493 e. The Labute approximate surface area is 123 Å². The van der Waals surface area contributed by atoms with Crippen molar-refractivity contribution in [1.82, 2.24) is 4.98 Å².